The molecule has 4 rings (SSSR count). The smallest absolute Gasteiger partial charge is 0.253 e. The summed E-state index contributed by atoms with van der Waals surface area (Å²) in [6.07, 6.45) is 1.16. The van der Waals surface area contributed by atoms with Crippen molar-refractivity contribution < 1.29 is 13.2 Å². The molecule has 0 radical (unpaired) electrons. The first-order valence-corrected chi connectivity index (χ1v) is 13.1. The molecule has 0 atom stereocenters. The van der Waals surface area contributed by atoms with Crippen molar-refractivity contribution >= 4 is 38.7 Å². The third-order valence-corrected chi connectivity index (χ3v) is 7.93. The number of nitrogens with zero attached hydrogens (tertiary/aromatic N) is 2. The van der Waals surface area contributed by atoms with Crippen molar-refractivity contribution in [3.8, 4) is 10.4 Å². The van der Waals surface area contributed by atoms with Gasteiger partial charge in [0.25, 0.3) is 5.91 Å². The van der Waals surface area contributed by atoms with Crippen LogP contribution in [0.5, 0.6) is 0 Å². The highest BCUT2D eigenvalue weighted by Crippen LogP contribution is 2.33. The van der Waals surface area contributed by atoms with E-state index in [1.165, 1.54) is 17.0 Å². The summed E-state index contributed by atoms with van der Waals surface area (Å²) in [5, 5.41) is 0.757. The second kappa shape index (κ2) is 9.12. The predicted octanol–water partition coefficient (Wildman–Crippen LogP) is 4.43. The zero-order valence-corrected chi connectivity index (χ0v) is 19.5. The minimum atomic E-state index is -3.26. The Bertz CT molecular complexity index is 1180. The van der Waals surface area contributed by atoms with Gasteiger partial charge in [0, 0.05) is 64.9 Å². The number of benzene rings is 2. The molecule has 1 aliphatic heterocycles. The first kappa shape index (κ1) is 22.0. The number of halogens is 1. The van der Waals surface area contributed by atoms with Gasteiger partial charge in [-0.2, -0.15) is 0 Å². The van der Waals surface area contributed by atoms with E-state index in [1.54, 1.807) is 23.5 Å². The third-order valence-electron chi connectivity index (χ3n) is 5.37. The summed E-state index contributed by atoms with van der Waals surface area (Å²) < 4.78 is 23.2. The van der Waals surface area contributed by atoms with Gasteiger partial charge in [-0.15, -0.1) is 11.3 Å². The number of rotatable bonds is 5. The molecule has 1 saturated heterocycles. The maximum absolute atomic E-state index is 12.8. The molecule has 0 saturated carbocycles. The van der Waals surface area contributed by atoms with Gasteiger partial charge in [0.15, 0.2) is 9.84 Å². The third kappa shape index (κ3) is 5.18. The Morgan fingerprint density at radius 2 is 1.65 bits per heavy atom. The van der Waals surface area contributed by atoms with Crippen LogP contribution in [0.4, 0.5) is 0 Å². The number of hydrogen-bond donors (Lipinski definition) is 0. The minimum absolute atomic E-state index is 0.0585. The Labute approximate surface area is 191 Å². The van der Waals surface area contributed by atoms with Crippen molar-refractivity contribution in [1.29, 1.82) is 0 Å². The van der Waals surface area contributed by atoms with Crippen LogP contribution in [0.2, 0.25) is 5.02 Å². The van der Waals surface area contributed by atoms with Crippen molar-refractivity contribution in [2.75, 3.05) is 32.4 Å². The Hall–Kier alpha value is -2.19. The van der Waals surface area contributed by atoms with Gasteiger partial charge in [-0.05, 0) is 42.5 Å². The van der Waals surface area contributed by atoms with E-state index in [0.29, 0.717) is 18.7 Å². The lowest BCUT2D eigenvalue weighted by Gasteiger charge is -2.34. The Morgan fingerprint density at radius 3 is 2.29 bits per heavy atom. The highest BCUT2D eigenvalue weighted by Gasteiger charge is 2.23. The quantitative estimate of drug-likeness (QED) is 0.549. The molecular formula is C23H23ClN2O3S2. The van der Waals surface area contributed by atoms with Crippen molar-refractivity contribution in [3.63, 3.8) is 0 Å². The van der Waals surface area contributed by atoms with E-state index >= 15 is 0 Å². The number of thiophene rings is 1. The summed E-state index contributed by atoms with van der Waals surface area (Å²) in [7, 11) is -3.26. The van der Waals surface area contributed by atoms with E-state index in [1.807, 2.05) is 29.2 Å². The van der Waals surface area contributed by atoms with Crippen LogP contribution in [0.3, 0.4) is 0 Å². The van der Waals surface area contributed by atoms with Gasteiger partial charge in [-0.3, -0.25) is 9.69 Å². The van der Waals surface area contributed by atoms with E-state index in [9.17, 15) is 13.2 Å². The molecule has 0 aliphatic carbocycles. The lowest BCUT2D eigenvalue weighted by atomic mass is 10.2. The van der Waals surface area contributed by atoms with E-state index in [2.05, 4.69) is 17.0 Å². The fraction of sp³-hybridized carbons (Fsp3) is 0.261. The van der Waals surface area contributed by atoms with Gasteiger partial charge < -0.3 is 4.90 Å². The molecule has 2 heterocycles. The zero-order valence-electron chi connectivity index (χ0n) is 17.1. The predicted molar refractivity (Wildman–Crippen MR) is 125 cm³/mol. The molecule has 1 amide bonds. The molecule has 8 heteroatoms. The maximum atomic E-state index is 12.8. The van der Waals surface area contributed by atoms with Crippen LogP contribution in [0.15, 0.2) is 65.6 Å². The molecule has 1 aliphatic rings. The Morgan fingerprint density at radius 1 is 0.968 bits per heavy atom. The van der Waals surface area contributed by atoms with E-state index in [4.69, 9.17) is 11.6 Å². The lowest BCUT2D eigenvalue weighted by Crippen LogP contribution is -2.48. The molecular weight excluding hydrogens is 452 g/mol. The van der Waals surface area contributed by atoms with Crippen LogP contribution < -0.4 is 0 Å². The topological polar surface area (TPSA) is 57.7 Å². The van der Waals surface area contributed by atoms with Crippen LogP contribution in [0.25, 0.3) is 10.4 Å². The highest BCUT2D eigenvalue weighted by atomic mass is 35.5. The van der Waals surface area contributed by atoms with Gasteiger partial charge in [-0.25, -0.2) is 8.42 Å². The molecule has 2 aromatic carbocycles. The summed E-state index contributed by atoms with van der Waals surface area (Å²) in [6.45, 7) is 3.74. The lowest BCUT2D eigenvalue weighted by molar-refractivity contribution is 0.0629. The van der Waals surface area contributed by atoms with Crippen LogP contribution >= 0.6 is 22.9 Å². The van der Waals surface area contributed by atoms with Crippen molar-refractivity contribution in [1.82, 2.24) is 9.80 Å². The molecule has 5 nitrogen and oxygen atoms in total. The molecule has 1 fully saturated rings. The second-order valence-electron chi connectivity index (χ2n) is 7.61. The largest absolute Gasteiger partial charge is 0.336 e. The molecule has 162 valence electrons. The van der Waals surface area contributed by atoms with Gasteiger partial charge in [0.05, 0.1) is 4.90 Å². The van der Waals surface area contributed by atoms with Crippen LogP contribution in [0.1, 0.15) is 15.2 Å². The fourth-order valence-corrected chi connectivity index (χ4v) is 5.64. The van der Waals surface area contributed by atoms with Crippen molar-refractivity contribution in [2.45, 2.75) is 11.4 Å². The number of carbonyl (C=O) groups is 1. The maximum Gasteiger partial charge on any atom is 0.253 e. The second-order valence-corrected chi connectivity index (χ2v) is 11.2. The average molecular weight is 475 g/mol. The number of hydrogen-bond acceptors (Lipinski definition) is 5. The van der Waals surface area contributed by atoms with E-state index in [-0.39, 0.29) is 10.8 Å². The normalized spacial score (nSPS) is 15.2. The highest BCUT2D eigenvalue weighted by molar-refractivity contribution is 7.90. The number of amides is 1. The molecule has 31 heavy (non-hydrogen) atoms. The Kier molecular flexibility index (Phi) is 6.48. The number of piperazine rings is 1. The van der Waals surface area contributed by atoms with Crippen LogP contribution in [-0.4, -0.2) is 56.6 Å². The van der Waals surface area contributed by atoms with Crippen LogP contribution in [-0.2, 0) is 16.4 Å². The Balaban J connectivity index is 1.34. The van der Waals surface area contributed by atoms with Gasteiger partial charge >= 0.3 is 0 Å². The number of sulfone groups is 1. The zero-order chi connectivity index (χ0) is 22.0. The average Bonchev–Trinajstić information content (AvgIpc) is 3.22. The number of carbonyl (C=O) groups excluding carboxylic acids is 1. The molecule has 0 N–H and O–H groups in total. The summed E-state index contributed by atoms with van der Waals surface area (Å²) in [5.74, 6) is -0.0585. The molecule has 0 spiro atoms. The van der Waals surface area contributed by atoms with Crippen molar-refractivity contribution in [3.05, 3.63) is 76.1 Å². The van der Waals surface area contributed by atoms with E-state index in [0.717, 1.165) is 41.4 Å². The van der Waals surface area contributed by atoms with Gasteiger partial charge in [0.1, 0.15) is 0 Å². The SMILES string of the molecule is CS(=O)(=O)c1ccc(C(=O)N2CCN(Cc3ccc(-c4ccccc4Cl)s3)CC2)cc1. The van der Waals surface area contributed by atoms with Crippen LogP contribution in [0, 0.1) is 0 Å². The summed E-state index contributed by atoms with van der Waals surface area (Å²) in [4.78, 5) is 19.6. The first-order chi connectivity index (χ1) is 14.8. The minimum Gasteiger partial charge on any atom is -0.336 e. The van der Waals surface area contributed by atoms with E-state index < -0.39 is 9.84 Å². The monoisotopic (exact) mass is 474 g/mol. The van der Waals surface area contributed by atoms with Crippen molar-refractivity contribution in [2.24, 2.45) is 0 Å². The van der Waals surface area contributed by atoms with Gasteiger partial charge in [-0.1, -0.05) is 29.8 Å². The molecule has 1 aromatic heterocycles. The summed E-state index contributed by atoms with van der Waals surface area (Å²) >= 11 is 8.06. The summed E-state index contributed by atoms with van der Waals surface area (Å²) in [5.41, 5.74) is 1.57. The van der Waals surface area contributed by atoms with Gasteiger partial charge in [0.2, 0.25) is 0 Å². The first-order valence-electron chi connectivity index (χ1n) is 9.96. The molecule has 0 unspecified atom stereocenters. The molecule has 0 bridgehead atoms. The molecule has 3 aromatic rings. The summed E-state index contributed by atoms with van der Waals surface area (Å²) in [6, 6.07) is 18.3. The standard InChI is InChI=1S/C23H23ClN2O3S2/c1-31(28,29)19-9-6-17(7-10-19)23(27)26-14-12-25(13-15-26)16-18-8-11-22(30-18)20-4-2-3-5-21(20)24/h2-11H,12-16H2,1H3. The fourth-order valence-electron chi connectivity index (χ4n) is 3.63.